The maximum absolute atomic E-state index is 11.3. The Labute approximate surface area is 147 Å². The topological polar surface area (TPSA) is 54.0 Å². The molecule has 0 fully saturated rings. The molecule has 0 spiro atoms. The van der Waals surface area contributed by atoms with Gasteiger partial charge in [0.25, 0.3) is 0 Å². The van der Waals surface area contributed by atoms with E-state index in [0.29, 0.717) is 12.4 Å². The molecular formula is C20H22O5. The summed E-state index contributed by atoms with van der Waals surface area (Å²) in [6.07, 6.45) is 3.95. The SMILES string of the molecule is CCOC(=O)COc1ccc(/C=C/c2cc(OC)cc(OC)c2)cc1. The van der Waals surface area contributed by atoms with Crippen molar-refractivity contribution in [3.63, 3.8) is 0 Å². The third-order valence-corrected chi connectivity index (χ3v) is 3.38. The maximum Gasteiger partial charge on any atom is 0.344 e. The average molecular weight is 342 g/mol. The molecule has 0 aromatic heterocycles. The quantitative estimate of drug-likeness (QED) is 0.539. The molecule has 132 valence electrons. The summed E-state index contributed by atoms with van der Waals surface area (Å²) in [5.74, 6) is 1.72. The van der Waals surface area contributed by atoms with Gasteiger partial charge in [-0.15, -0.1) is 0 Å². The first-order valence-corrected chi connectivity index (χ1v) is 7.94. The molecule has 0 unspecified atom stereocenters. The van der Waals surface area contributed by atoms with E-state index in [4.69, 9.17) is 18.9 Å². The first kappa shape index (κ1) is 18.4. The molecule has 5 heteroatoms. The zero-order chi connectivity index (χ0) is 18.1. The molecule has 2 aromatic rings. The Morgan fingerprint density at radius 3 is 2.04 bits per heavy atom. The summed E-state index contributed by atoms with van der Waals surface area (Å²) in [7, 11) is 3.24. The van der Waals surface area contributed by atoms with Gasteiger partial charge in [-0.05, 0) is 42.3 Å². The van der Waals surface area contributed by atoms with Crippen LogP contribution in [0.3, 0.4) is 0 Å². The molecule has 25 heavy (non-hydrogen) atoms. The Morgan fingerprint density at radius 2 is 1.48 bits per heavy atom. The van der Waals surface area contributed by atoms with Crippen LogP contribution in [0.5, 0.6) is 17.2 Å². The predicted molar refractivity (Wildman–Crippen MR) is 97.0 cm³/mol. The fraction of sp³-hybridized carbons (Fsp3) is 0.250. The molecule has 0 N–H and O–H groups in total. The van der Waals surface area contributed by atoms with Crippen LogP contribution in [0.2, 0.25) is 0 Å². The van der Waals surface area contributed by atoms with Gasteiger partial charge < -0.3 is 18.9 Å². The second-order valence-electron chi connectivity index (χ2n) is 5.14. The summed E-state index contributed by atoms with van der Waals surface area (Å²) >= 11 is 0. The van der Waals surface area contributed by atoms with Crippen LogP contribution in [0.25, 0.3) is 12.2 Å². The molecule has 0 saturated heterocycles. The van der Waals surface area contributed by atoms with E-state index in [1.807, 2.05) is 54.6 Å². The van der Waals surface area contributed by atoms with E-state index in [9.17, 15) is 4.79 Å². The predicted octanol–water partition coefficient (Wildman–Crippen LogP) is 3.82. The number of carbonyl (C=O) groups excluding carboxylic acids is 1. The van der Waals surface area contributed by atoms with E-state index in [-0.39, 0.29) is 12.6 Å². The molecule has 0 amide bonds. The van der Waals surface area contributed by atoms with E-state index < -0.39 is 0 Å². The molecule has 0 aliphatic heterocycles. The molecule has 0 saturated carbocycles. The number of esters is 1. The van der Waals surface area contributed by atoms with Crippen LogP contribution in [-0.4, -0.2) is 33.4 Å². The van der Waals surface area contributed by atoms with Gasteiger partial charge in [0.05, 0.1) is 20.8 Å². The van der Waals surface area contributed by atoms with Crippen molar-refractivity contribution in [2.45, 2.75) is 6.92 Å². The molecule has 0 bridgehead atoms. The van der Waals surface area contributed by atoms with E-state index in [0.717, 1.165) is 22.6 Å². The van der Waals surface area contributed by atoms with Crippen LogP contribution in [0.15, 0.2) is 42.5 Å². The van der Waals surface area contributed by atoms with Gasteiger partial charge in [0.1, 0.15) is 17.2 Å². The third kappa shape index (κ3) is 5.88. The lowest BCUT2D eigenvalue weighted by molar-refractivity contribution is -0.145. The van der Waals surface area contributed by atoms with E-state index in [2.05, 4.69) is 0 Å². The third-order valence-electron chi connectivity index (χ3n) is 3.38. The van der Waals surface area contributed by atoms with Crippen LogP contribution in [0.4, 0.5) is 0 Å². The van der Waals surface area contributed by atoms with Gasteiger partial charge in [0.2, 0.25) is 0 Å². The number of ether oxygens (including phenoxy) is 4. The monoisotopic (exact) mass is 342 g/mol. The summed E-state index contributed by atoms with van der Waals surface area (Å²) in [6.45, 7) is 2.02. The van der Waals surface area contributed by atoms with Gasteiger partial charge in [-0.25, -0.2) is 4.79 Å². The van der Waals surface area contributed by atoms with Crippen molar-refractivity contribution in [2.75, 3.05) is 27.4 Å². The van der Waals surface area contributed by atoms with Crippen molar-refractivity contribution >= 4 is 18.1 Å². The molecule has 0 aliphatic rings. The van der Waals surface area contributed by atoms with Gasteiger partial charge in [0, 0.05) is 6.07 Å². The molecular weight excluding hydrogens is 320 g/mol. The fourth-order valence-corrected chi connectivity index (χ4v) is 2.14. The summed E-state index contributed by atoms with van der Waals surface area (Å²) in [5.41, 5.74) is 1.98. The van der Waals surface area contributed by atoms with Gasteiger partial charge >= 0.3 is 5.97 Å². The standard InChI is InChI=1S/C20H22O5/c1-4-24-20(21)14-25-17-9-7-15(8-10-17)5-6-16-11-18(22-2)13-19(12-16)23-3/h5-13H,4,14H2,1-3H3/b6-5+. The van der Waals surface area contributed by atoms with Crippen molar-refractivity contribution in [3.8, 4) is 17.2 Å². The molecule has 2 rings (SSSR count). The minimum Gasteiger partial charge on any atom is -0.497 e. The average Bonchev–Trinajstić information content (AvgIpc) is 2.65. The van der Waals surface area contributed by atoms with Gasteiger partial charge in [-0.3, -0.25) is 0 Å². The van der Waals surface area contributed by atoms with Crippen LogP contribution in [-0.2, 0) is 9.53 Å². The first-order chi connectivity index (χ1) is 12.1. The molecule has 5 nitrogen and oxygen atoms in total. The van der Waals surface area contributed by atoms with Crippen LogP contribution in [0, 0.1) is 0 Å². The summed E-state index contributed by atoms with van der Waals surface area (Å²) < 4.78 is 20.7. The highest BCUT2D eigenvalue weighted by atomic mass is 16.6. The van der Waals surface area contributed by atoms with Crippen molar-refractivity contribution in [1.29, 1.82) is 0 Å². The Hall–Kier alpha value is -2.95. The molecule has 0 radical (unpaired) electrons. The van der Waals surface area contributed by atoms with Crippen molar-refractivity contribution in [1.82, 2.24) is 0 Å². The Balaban J connectivity index is 2.01. The Kier molecular flexibility index (Phi) is 6.89. The fourth-order valence-electron chi connectivity index (χ4n) is 2.14. The number of carbonyl (C=O) groups is 1. The lowest BCUT2D eigenvalue weighted by atomic mass is 10.1. The summed E-state index contributed by atoms with van der Waals surface area (Å²) in [4.78, 5) is 11.3. The number of rotatable bonds is 8. The first-order valence-electron chi connectivity index (χ1n) is 7.94. The lowest BCUT2D eigenvalue weighted by Gasteiger charge is -2.06. The summed E-state index contributed by atoms with van der Waals surface area (Å²) in [6, 6.07) is 13.1. The maximum atomic E-state index is 11.3. The minimum absolute atomic E-state index is 0.0906. The van der Waals surface area contributed by atoms with Crippen LogP contribution in [0.1, 0.15) is 18.1 Å². The number of hydrogen-bond donors (Lipinski definition) is 0. The Bertz CT molecular complexity index is 697. The second kappa shape index (κ2) is 9.37. The van der Waals surface area contributed by atoms with Crippen LogP contribution < -0.4 is 14.2 Å². The van der Waals surface area contributed by atoms with E-state index in [1.165, 1.54) is 0 Å². The molecule has 2 aromatic carbocycles. The van der Waals surface area contributed by atoms with Crippen molar-refractivity contribution in [2.24, 2.45) is 0 Å². The smallest absolute Gasteiger partial charge is 0.344 e. The van der Waals surface area contributed by atoms with Crippen LogP contribution >= 0.6 is 0 Å². The van der Waals surface area contributed by atoms with Gasteiger partial charge in [0.15, 0.2) is 6.61 Å². The Morgan fingerprint density at radius 1 is 0.880 bits per heavy atom. The van der Waals surface area contributed by atoms with Crippen molar-refractivity contribution < 1.29 is 23.7 Å². The highest BCUT2D eigenvalue weighted by Crippen LogP contribution is 2.24. The van der Waals surface area contributed by atoms with Crippen molar-refractivity contribution in [3.05, 3.63) is 53.6 Å². The van der Waals surface area contributed by atoms with E-state index in [1.54, 1.807) is 21.1 Å². The largest absolute Gasteiger partial charge is 0.497 e. The molecule has 0 atom stereocenters. The van der Waals surface area contributed by atoms with Gasteiger partial charge in [-0.1, -0.05) is 24.3 Å². The normalized spacial score (nSPS) is 10.5. The minimum atomic E-state index is -0.376. The second-order valence-corrected chi connectivity index (χ2v) is 5.14. The highest BCUT2D eigenvalue weighted by Gasteiger charge is 2.03. The number of methoxy groups -OCH3 is 2. The zero-order valence-electron chi connectivity index (χ0n) is 14.7. The van der Waals surface area contributed by atoms with Gasteiger partial charge in [-0.2, -0.15) is 0 Å². The lowest BCUT2D eigenvalue weighted by Crippen LogP contribution is -2.14. The highest BCUT2D eigenvalue weighted by molar-refractivity contribution is 5.72. The molecule has 0 heterocycles. The molecule has 0 aliphatic carbocycles. The zero-order valence-corrected chi connectivity index (χ0v) is 14.7. The number of hydrogen-bond acceptors (Lipinski definition) is 5. The summed E-state index contributed by atoms with van der Waals surface area (Å²) in [5, 5.41) is 0. The number of benzene rings is 2. The van der Waals surface area contributed by atoms with E-state index >= 15 is 0 Å².